The Kier molecular flexibility index (Phi) is 4.60. The number of benzene rings is 1. The van der Waals surface area contributed by atoms with Gasteiger partial charge in [0.25, 0.3) is 0 Å². The van der Waals surface area contributed by atoms with Crippen LogP contribution in [0.25, 0.3) is 17.0 Å². The maximum atomic E-state index is 13.5. The van der Waals surface area contributed by atoms with Crippen LogP contribution >= 0.6 is 23.2 Å². The third kappa shape index (κ3) is 3.48. The fourth-order valence-corrected chi connectivity index (χ4v) is 3.00. The van der Waals surface area contributed by atoms with Gasteiger partial charge in [-0.1, -0.05) is 29.3 Å². The smallest absolute Gasteiger partial charge is 0.339 e. The number of rotatable bonds is 3. The van der Waals surface area contributed by atoms with Crippen LogP contribution in [0.15, 0.2) is 55.0 Å². The highest BCUT2D eigenvalue weighted by molar-refractivity contribution is 6.42. The minimum absolute atomic E-state index is 0.0242. The summed E-state index contributed by atoms with van der Waals surface area (Å²) in [7, 11) is 0. The predicted octanol–water partition coefficient (Wildman–Crippen LogP) is 5.86. The fraction of sp³-hybridized carbons (Fsp3) is 0.0556. The number of nitrogens with one attached hydrogen (secondary N) is 1. The van der Waals surface area contributed by atoms with E-state index in [1.807, 2.05) is 0 Å². The maximum Gasteiger partial charge on any atom is 0.435 e. The first kappa shape index (κ1) is 18.5. The number of fused-ring (bicyclic) bond motifs is 1. The van der Waals surface area contributed by atoms with Gasteiger partial charge in [-0.15, -0.1) is 0 Å². The summed E-state index contributed by atoms with van der Waals surface area (Å²) in [6, 6.07) is 9.55. The van der Waals surface area contributed by atoms with E-state index in [4.69, 9.17) is 23.2 Å². The molecule has 0 aliphatic rings. The van der Waals surface area contributed by atoms with Crippen LogP contribution in [0.1, 0.15) is 5.69 Å². The van der Waals surface area contributed by atoms with Gasteiger partial charge in [0.15, 0.2) is 5.69 Å². The Hall–Kier alpha value is -2.84. The Bertz CT molecular complexity index is 1170. The van der Waals surface area contributed by atoms with Crippen molar-refractivity contribution in [1.29, 1.82) is 0 Å². The zero-order valence-electron chi connectivity index (χ0n) is 13.9. The van der Waals surface area contributed by atoms with Crippen LogP contribution in [0.5, 0.6) is 0 Å². The van der Waals surface area contributed by atoms with Crippen molar-refractivity contribution in [2.24, 2.45) is 0 Å². The molecule has 0 amide bonds. The molecule has 0 fully saturated rings. The van der Waals surface area contributed by atoms with Gasteiger partial charge in [0, 0.05) is 11.9 Å². The molecule has 28 heavy (non-hydrogen) atoms. The van der Waals surface area contributed by atoms with Crippen molar-refractivity contribution in [3.8, 4) is 11.4 Å². The largest absolute Gasteiger partial charge is 0.435 e. The number of anilines is 2. The minimum Gasteiger partial charge on any atom is -0.339 e. The lowest BCUT2D eigenvalue weighted by Gasteiger charge is -2.10. The second kappa shape index (κ2) is 6.96. The number of pyridine rings is 1. The number of halogens is 5. The zero-order valence-corrected chi connectivity index (χ0v) is 15.4. The second-order valence-electron chi connectivity index (χ2n) is 5.78. The first-order valence-corrected chi connectivity index (χ1v) is 8.67. The van der Waals surface area contributed by atoms with E-state index in [2.05, 4.69) is 20.3 Å². The zero-order chi connectivity index (χ0) is 19.9. The van der Waals surface area contributed by atoms with Gasteiger partial charge in [-0.2, -0.15) is 13.2 Å². The van der Waals surface area contributed by atoms with Gasteiger partial charge >= 0.3 is 6.18 Å². The van der Waals surface area contributed by atoms with Crippen LogP contribution in [-0.2, 0) is 6.18 Å². The molecular weight excluding hydrogens is 414 g/mol. The van der Waals surface area contributed by atoms with Crippen LogP contribution in [0.2, 0.25) is 10.0 Å². The molecule has 0 bridgehead atoms. The van der Waals surface area contributed by atoms with E-state index in [0.717, 1.165) is 0 Å². The third-order valence-electron chi connectivity index (χ3n) is 3.87. The Morgan fingerprint density at radius 3 is 2.54 bits per heavy atom. The molecule has 0 aliphatic heterocycles. The lowest BCUT2D eigenvalue weighted by Crippen LogP contribution is -2.09. The molecule has 0 aliphatic carbocycles. The number of hydrogen-bond acceptors (Lipinski definition) is 4. The highest BCUT2D eigenvalue weighted by Gasteiger charge is 2.38. The van der Waals surface area contributed by atoms with Crippen LogP contribution in [-0.4, -0.2) is 19.4 Å². The van der Waals surface area contributed by atoms with Gasteiger partial charge < -0.3 is 5.32 Å². The van der Waals surface area contributed by atoms with Crippen LogP contribution in [0.4, 0.5) is 24.7 Å². The molecule has 3 heterocycles. The van der Waals surface area contributed by atoms with Gasteiger partial charge in [-0.25, -0.2) is 9.97 Å². The lowest BCUT2D eigenvalue weighted by atomic mass is 10.2. The van der Waals surface area contributed by atoms with E-state index in [-0.39, 0.29) is 22.9 Å². The summed E-state index contributed by atoms with van der Waals surface area (Å²) in [5.74, 6) is 0.245. The van der Waals surface area contributed by atoms with E-state index in [1.54, 1.807) is 30.3 Å². The van der Waals surface area contributed by atoms with Crippen molar-refractivity contribution in [3.05, 3.63) is 70.7 Å². The third-order valence-corrected chi connectivity index (χ3v) is 4.61. The fourth-order valence-electron chi connectivity index (χ4n) is 2.70. The summed E-state index contributed by atoms with van der Waals surface area (Å²) in [6.45, 7) is 0. The van der Waals surface area contributed by atoms with Crippen LogP contribution < -0.4 is 5.32 Å². The summed E-state index contributed by atoms with van der Waals surface area (Å²) >= 11 is 11.9. The lowest BCUT2D eigenvalue weighted by molar-refractivity contribution is -0.140. The molecule has 4 aromatic rings. The average molecular weight is 424 g/mol. The number of imidazole rings is 1. The molecule has 0 unspecified atom stereocenters. The van der Waals surface area contributed by atoms with Crippen molar-refractivity contribution in [1.82, 2.24) is 19.4 Å². The summed E-state index contributed by atoms with van der Waals surface area (Å²) in [5.41, 5.74) is -0.464. The number of alkyl halides is 3. The van der Waals surface area contributed by atoms with Crippen molar-refractivity contribution in [2.75, 3.05) is 5.32 Å². The molecule has 142 valence electrons. The number of hydrogen-bond donors (Lipinski definition) is 1. The molecule has 3 aromatic heterocycles. The van der Waals surface area contributed by atoms with Crippen molar-refractivity contribution >= 4 is 40.4 Å². The first-order chi connectivity index (χ1) is 13.3. The van der Waals surface area contributed by atoms with Crippen molar-refractivity contribution in [3.63, 3.8) is 0 Å². The summed E-state index contributed by atoms with van der Waals surface area (Å²) < 4.78 is 41.9. The summed E-state index contributed by atoms with van der Waals surface area (Å²) in [5, 5.41) is 3.67. The predicted molar refractivity (Wildman–Crippen MR) is 101 cm³/mol. The summed E-state index contributed by atoms with van der Waals surface area (Å²) in [6.07, 6.45) is -0.502. The van der Waals surface area contributed by atoms with Crippen LogP contribution in [0.3, 0.4) is 0 Å². The van der Waals surface area contributed by atoms with E-state index >= 15 is 0 Å². The Morgan fingerprint density at radius 1 is 0.964 bits per heavy atom. The molecule has 0 radical (unpaired) electrons. The molecule has 1 N–H and O–H groups in total. The van der Waals surface area contributed by atoms with E-state index < -0.39 is 11.9 Å². The molecule has 1 aromatic carbocycles. The Labute approximate surface area is 166 Å². The number of nitrogens with zero attached hydrogens (tertiary/aromatic N) is 4. The normalized spacial score (nSPS) is 11.8. The standard InChI is InChI=1S/C18H10Cl2F3N5/c19-11-5-4-10(7-12(11)20)25-14-9-24-8-13(26-14)16-17(18(21,22)23)27-15-3-1-2-6-28(15)16/h1-9H,(H,25,26). The van der Waals surface area contributed by atoms with Gasteiger partial charge in [0.05, 0.1) is 22.4 Å². The van der Waals surface area contributed by atoms with Crippen molar-refractivity contribution < 1.29 is 13.2 Å². The second-order valence-corrected chi connectivity index (χ2v) is 6.59. The molecule has 4 rings (SSSR count). The molecule has 0 saturated heterocycles. The molecule has 0 atom stereocenters. The topological polar surface area (TPSA) is 55.1 Å². The first-order valence-electron chi connectivity index (χ1n) is 7.92. The van der Waals surface area contributed by atoms with E-state index in [0.29, 0.717) is 15.7 Å². The van der Waals surface area contributed by atoms with Gasteiger partial charge in [-0.05, 0) is 30.3 Å². The quantitative estimate of drug-likeness (QED) is 0.448. The highest BCUT2D eigenvalue weighted by Crippen LogP contribution is 2.36. The van der Waals surface area contributed by atoms with E-state index in [9.17, 15) is 13.2 Å². The van der Waals surface area contributed by atoms with Gasteiger partial charge in [0.2, 0.25) is 0 Å². The average Bonchev–Trinajstić information content (AvgIpc) is 3.05. The molecule has 0 saturated carbocycles. The molecular formula is C18H10Cl2F3N5. The monoisotopic (exact) mass is 423 g/mol. The molecule has 10 heteroatoms. The minimum atomic E-state index is -4.64. The van der Waals surface area contributed by atoms with E-state index in [1.165, 1.54) is 29.1 Å². The number of aromatic nitrogens is 4. The van der Waals surface area contributed by atoms with Gasteiger partial charge in [-0.3, -0.25) is 9.38 Å². The molecule has 0 spiro atoms. The SMILES string of the molecule is FC(F)(F)c1nc2ccccn2c1-c1cncc(Nc2ccc(Cl)c(Cl)c2)n1. The Balaban J connectivity index is 1.80. The van der Waals surface area contributed by atoms with Crippen LogP contribution in [0, 0.1) is 0 Å². The maximum absolute atomic E-state index is 13.5. The van der Waals surface area contributed by atoms with Gasteiger partial charge in [0.1, 0.15) is 22.9 Å². The Morgan fingerprint density at radius 2 is 1.79 bits per heavy atom. The highest BCUT2D eigenvalue weighted by atomic mass is 35.5. The molecule has 5 nitrogen and oxygen atoms in total. The summed E-state index contributed by atoms with van der Waals surface area (Å²) in [4.78, 5) is 12.0. The van der Waals surface area contributed by atoms with Crippen molar-refractivity contribution in [2.45, 2.75) is 6.18 Å².